The smallest absolute Gasteiger partial charge is 0.331 e. The molecule has 10 nitrogen and oxygen atoms in total. The Morgan fingerprint density at radius 1 is 1.11 bits per heavy atom. The standard InChI is InChI=1S/C28H34N6O4/c1-17(2)34-24-11-9-20(13-22(24)26(36)33(28(34)38)15-19-7-8-19)31-27(37)32-12-4-5-21(16-32)30-25(35)23-10-6-18(3)14-29-23/h6,9-11,13-14,17,19,21H,4-5,7-8,12,15-16H2,1-3H3,(H,30,35)(H,31,37)/t21-/m1/s1. The molecule has 2 aromatic heterocycles. The van der Waals surface area contributed by atoms with Crippen LogP contribution in [0.1, 0.15) is 61.6 Å². The van der Waals surface area contributed by atoms with E-state index in [2.05, 4.69) is 15.6 Å². The highest BCUT2D eigenvalue weighted by molar-refractivity contribution is 5.93. The molecule has 3 amide bonds. The van der Waals surface area contributed by atoms with Crippen LogP contribution in [0.3, 0.4) is 0 Å². The number of carbonyl (C=O) groups excluding carboxylic acids is 2. The summed E-state index contributed by atoms with van der Waals surface area (Å²) in [4.78, 5) is 58.0. The third-order valence-electron chi connectivity index (χ3n) is 7.26. The Hall–Kier alpha value is -3.95. The normalized spacial score (nSPS) is 17.6. The zero-order chi connectivity index (χ0) is 27.0. The van der Waals surface area contributed by atoms with Crippen LogP contribution >= 0.6 is 0 Å². The van der Waals surface area contributed by atoms with Gasteiger partial charge in [-0.25, -0.2) is 9.59 Å². The van der Waals surface area contributed by atoms with E-state index >= 15 is 0 Å². The molecule has 1 saturated heterocycles. The number of aromatic nitrogens is 3. The molecule has 1 aliphatic heterocycles. The fraction of sp³-hybridized carbons (Fsp3) is 0.464. The van der Waals surface area contributed by atoms with Gasteiger partial charge in [0.2, 0.25) is 0 Å². The molecular weight excluding hydrogens is 484 g/mol. The van der Waals surface area contributed by atoms with Crippen LogP contribution in [-0.2, 0) is 6.54 Å². The first-order chi connectivity index (χ1) is 18.2. The van der Waals surface area contributed by atoms with Gasteiger partial charge in [-0.3, -0.25) is 23.7 Å². The Balaban J connectivity index is 1.32. The summed E-state index contributed by atoms with van der Waals surface area (Å²) in [6.45, 7) is 7.12. The Morgan fingerprint density at radius 3 is 2.58 bits per heavy atom. The first kappa shape index (κ1) is 25.7. The van der Waals surface area contributed by atoms with E-state index in [9.17, 15) is 19.2 Å². The largest absolute Gasteiger partial charge is 0.346 e. The van der Waals surface area contributed by atoms with Crippen LogP contribution in [0.25, 0.3) is 10.9 Å². The van der Waals surface area contributed by atoms with Crippen molar-refractivity contribution in [3.05, 3.63) is 68.6 Å². The second kappa shape index (κ2) is 10.4. The number of anilines is 1. The lowest BCUT2D eigenvalue weighted by Gasteiger charge is -2.33. The van der Waals surface area contributed by atoms with Crippen molar-refractivity contribution in [2.75, 3.05) is 18.4 Å². The summed E-state index contributed by atoms with van der Waals surface area (Å²) in [5, 5.41) is 6.30. The van der Waals surface area contributed by atoms with Crippen LogP contribution in [0.2, 0.25) is 0 Å². The highest BCUT2D eigenvalue weighted by Gasteiger charge is 2.27. The van der Waals surface area contributed by atoms with Crippen molar-refractivity contribution < 1.29 is 9.59 Å². The highest BCUT2D eigenvalue weighted by atomic mass is 16.2. The predicted molar refractivity (Wildman–Crippen MR) is 146 cm³/mol. The summed E-state index contributed by atoms with van der Waals surface area (Å²) in [6, 6.07) is 8.03. The number of aryl methyl sites for hydroxylation is 1. The van der Waals surface area contributed by atoms with Gasteiger partial charge in [-0.05, 0) is 82.2 Å². The Bertz CT molecular complexity index is 1490. The van der Waals surface area contributed by atoms with E-state index in [0.717, 1.165) is 31.2 Å². The monoisotopic (exact) mass is 518 g/mol. The number of nitrogens with one attached hydrogen (secondary N) is 2. The minimum Gasteiger partial charge on any atom is -0.346 e. The average Bonchev–Trinajstić information content (AvgIpc) is 3.71. The number of hydrogen-bond donors (Lipinski definition) is 2. The molecule has 10 heteroatoms. The number of urea groups is 1. The lowest BCUT2D eigenvalue weighted by atomic mass is 10.1. The van der Waals surface area contributed by atoms with Crippen LogP contribution in [0.15, 0.2) is 46.1 Å². The van der Waals surface area contributed by atoms with E-state index in [1.54, 1.807) is 39.9 Å². The zero-order valence-electron chi connectivity index (χ0n) is 22.1. The van der Waals surface area contributed by atoms with E-state index in [1.807, 2.05) is 26.8 Å². The fourth-order valence-corrected chi connectivity index (χ4v) is 5.02. The second-order valence-electron chi connectivity index (χ2n) is 10.7. The number of amides is 3. The lowest BCUT2D eigenvalue weighted by molar-refractivity contribution is 0.0908. The first-order valence-electron chi connectivity index (χ1n) is 13.3. The van der Waals surface area contributed by atoms with Gasteiger partial charge in [0.25, 0.3) is 11.5 Å². The number of likely N-dealkylation sites (tertiary alicyclic amines) is 1. The molecular formula is C28H34N6O4. The van der Waals surface area contributed by atoms with Gasteiger partial charge in [0, 0.05) is 43.6 Å². The molecule has 3 heterocycles. The maximum Gasteiger partial charge on any atom is 0.331 e. The van der Waals surface area contributed by atoms with Crippen LogP contribution < -0.4 is 21.9 Å². The maximum atomic E-state index is 13.3. The third-order valence-corrected chi connectivity index (χ3v) is 7.26. The molecule has 1 aromatic carbocycles. The number of carbonyl (C=O) groups is 2. The van der Waals surface area contributed by atoms with E-state index in [-0.39, 0.29) is 35.3 Å². The van der Waals surface area contributed by atoms with Crippen LogP contribution in [-0.4, -0.2) is 50.1 Å². The number of pyridine rings is 1. The molecule has 2 aliphatic rings. The van der Waals surface area contributed by atoms with Crippen molar-refractivity contribution in [2.24, 2.45) is 5.92 Å². The van der Waals surface area contributed by atoms with Gasteiger partial charge in [0.05, 0.1) is 10.9 Å². The quantitative estimate of drug-likeness (QED) is 0.519. The first-order valence-corrected chi connectivity index (χ1v) is 13.3. The molecule has 0 spiro atoms. The van der Waals surface area contributed by atoms with Crippen molar-refractivity contribution in [1.29, 1.82) is 0 Å². The van der Waals surface area contributed by atoms with Crippen molar-refractivity contribution in [3.63, 3.8) is 0 Å². The summed E-state index contributed by atoms with van der Waals surface area (Å²) in [7, 11) is 0. The number of benzene rings is 1. The van der Waals surface area contributed by atoms with Gasteiger partial charge >= 0.3 is 11.7 Å². The zero-order valence-corrected chi connectivity index (χ0v) is 22.1. The van der Waals surface area contributed by atoms with Gasteiger partial charge in [0.1, 0.15) is 5.69 Å². The summed E-state index contributed by atoms with van der Waals surface area (Å²) in [6.07, 6.45) is 5.23. The van der Waals surface area contributed by atoms with Crippen molar-refractivity contribution in [3.8, 4) is 0 Å². The van der Waals surface area contributed by atoms with Crippen molar-refractivity contribution in [1.82, 2.24) is 24.3 Å². The molecule has 38 heavy (non-hydrogen) atoms. The highest BCUT2D eigenvalue weighted by Crippen LogP contribution is 2.30. The fourth-order valence-electron chi connectivity index (χ4n) is 5.02. The molecule has 1 saturated carbocycles. The van der Waals surface area contributed by atoms with Gasteiger partial charge < -0.3 is 15.5 Å². The summed E-state index contributed by atoms with van der Waals surface area (Å²) >= 11 is 0. The Kier molecular flexibility index (Phi) is 7.05. The average molecular weight is 519 g/mol. The van der Waals surface area contributed by atoms with Gasteiger partial charge in [-0.15, -0.1) is 0 Å². The second-order valence-corrected chi connectivity index (χ2v) is 10.7. The number of piperidine rings is 1. The van der Waals surface area contributed by atoms with E-state index in [4.69, 9.17) is 0 Å². The topological polar surface area (TPSA) is 118 Å². The lowest BCUT2D eigenvalue weighted by Crippen LogP contribution is -2.50. The third kappa shape index (κ3) is 5.34. The molecule has 0 radical (unpaired) electrons. The van der Waals surface area contributed by atoms with Gasteiger partial charge in [0.15, 0.2) is 0 Å². The van der Waals surface area contributed by atoms with Gasteiger partial charge in [-0.1, -0.05) is 6.07 Å². The van der Waals surface area contributed by atoms with Crippen molar-refractivity contribution in [2.45, 2.75) is 65.1 Å². The summed E-state index contributed by atoms with van der Waals surface area (Å²) < 4.78 is 2.98. The number of nitrogens with zero attached hydrogens (tertiary/aromatic N) is 4. The molecule has 1 atom stereocenters. The predicted octanol–water partition coefficient (Wildman–Crippen LogP) is 3.28. The number of rotatable bonds is 6. The van der Waals surface area contributed by atoms with E-state index in [0.29, 0.717) is 47.8 Å². The minimum absolute atomic E-state index is 0.118. The molecule has 3 aromatic rings. The van der Waals surface area contributed by atoms with Crippen molar-refractivity contribution >= 4 is 28.5 Å². The Labute approximate surface area is 220 Å². The summed E-state index contributed by atoms with van der Waals surface area (Å²) in [5.41, 5.74) is 1.76. The summed E-state index contributed by atoms with van der Waals surface area (Å²) in [5.74, 6) is 0.112. The molecule has 2 N–H and O–H groups in total. The van der Waals surface area contributed by atoms with E-state index < -0.39 is 0 Å². The van der Waals surface area contributed by atoms with Crippen LogP contribution in [0.5, 0.6) is 0 Å². The van der Waals surface area contributed by atoms with E-state index in [1.165, 1.54) is 4.57 Å². The molecule has 2 fully saturated rings. The van der Waals surface area contributed by atoms with Crippen LogP contribution in [0, 0.1) is 12.8 Å². The molecule has 5 rings (SSSR count). The van der Waals surface area contributed by atoms with Crippen LogP contribution in [0.4, 0.5) is 10.5 Å². The molecule has 200 valence electrons. The molecule has 0 unspecified atom stereocenters. The number of fused-ring (bicyclic) bond motifs is 1. The molecule has 1 aliphatic carbocycles. The Morgan fingerprint density at radius 2 is 1.89 bits per heavy atom. The minimum atomic E-state index is -0.324. The SMILES string of the molecule is Cc1ccc(C(=O)N[C@@H]2CCCN(C(=O)Nc3ccc4c(c3)c(=O)n(CC3CC3)c(=O)n4C(C)C)C2)nc1. The van der Waals surface area contributed by atoms with Gasteiger partial charge in [-0.2, -0.15) is 0 Å². The number of hydrogen-bond acceptors (Lipinski definition) is 5. The molecule has 0 bridgehead atoms. The maximum absolute atomic E-state index is 13.3.